The molecule has 18 aromatic rings. The molecule has 0 spiro atoms. The van der Waals surface area contributed by atoms with Crippen LogP contribution in [-0.2, 0) is 84.3 Å². The van der Waals surface area contributed by atoms with Gasteiger partial charge in [-0.3, -0.25) is 0 Å². The van der Waals surface area contributed by atoms with Gasteiger partial charge in [0.15, 0.2) is 0 Å². The SMILES string of the molecule is C[c-]1ccc(-c2ccc3ccc4cccc5ccc2c3c45)c1.Cc1cc[c-](-c2cccc3cc4ccccc4cc23)c1.[CH3-].[CH3-].[CH3-].[CH3-].[CH3-].[CH3-].[CH3-].[CH3-].[CH3-].[CH3-].[CH3-].[CH3-].[Pt+4].[Pt+4].[Pt+4].[Pt+4].c1c[cH-]c(-c2cccc3cc4ccccc4cc23)c1.c1cc2ccc3ccc(-[c-]4cccc4)c4ccc(c1)c2c34. The van der Waals surface area contributed by atoms with Crippen LogP contribution >= 0.6 is 0 Å². The van der Waals surface area contributed by atoms with Crippen LogP contribution in [0.3, 0.4) is 0 Å². The predicted molar refractivity (Wildman–Crippen MR) is 434 cm³/mol. The first-order valence-electron chi connectivity index (χ1n) is 28.5. The third-order valence-electron chi connectivity index (χ3n) is 16.9. The second-order valence-corrected chi connectivity index (χ2v) is 22.1. The Morgan fingerprint density at radius 1 is 0.265 bits per heavy atom. The summed E-state index contributed by atoms with van der Waals surface area (Å²) in [6, 6.07) is 110. The number of benzene rings is 14. The van der Waals surface area contributed by atoms with E-state index in [2.05, 4.69) is 317 Å². The molecule has 0 aromatic heterocycles. The van der Waals surface area contributed by atoms with Crippen molar-refractivity contribution < 1.29 is 84.3 Å². The van der Waals surface area contributed by atoms with E-state index in [0.29, 0.717) is 0 Å². The van der Waals surface area contributed by atoms with Crippen molar-refractivity contribution in [2.45, 2.75) is 13.8 Å². The Bertz CT molecular complexity index is 5280. The van der Waals surface area contributed by atoms with Crippen LogP contribution in [0.2, 0.25) is 0 Å². The van der Waals surface area contributed by atoms with Gasteiger partial charge < -0.3 is 89.1 Å². The molecule has 0 fully saturated rings. The molecule has 0 N–H and O–H groups in total. The van der Waals surface area contributed by atoms with Gasteiger partial charge in [0.25, 0.3) is 0 Å². The zero-order valence-corrected chi connectivity index (χ0v) is 68.2. The monoisotopic (exact) mass is 2000 g/mol. The molecule has 0 nitrogen and oxygen atoms in total. The minimum atomic E-state index is 0. The summed E-state index contributed by atoms with van der Waals surface area (Å²) in [4.78, 5) is 0. The molecule has 0 bridgehead atoms. The maximum atomic E-state index is 2.31. The second kappa shape index (κ2) is 39.8. The maximum Gasteiger partial charge on any atom is 4.00 e. The summed E-state index contributed by atoms with van der Waals surface area (Å²) < 4.78 is 0. The Labute approximate surface area is 647 Å². The molecule has 98 heavy (non-hydrogen) atoms. The van der Waals surface area contributed by atoms with Crippen LogP contribution in [0.15, 0.2) is 303 Å². The van der Waals surface area contributed by atoms with Crippen molar-refractivity contribution >= 4 is 108 Å². The largest absolute Gasteiger partial charge is 4.00 e. The van der Waals surface area contributed by atoms with Crippen molar-refractivity contribution in [3.05, 3.63) is 404 Å². The summed E-state index contributed by atoms with van der Waals surface area (Å²) in [6.07, 6.45) is 0. The zero-order chi connectivity index (χ0) is 54.7. The maximum absolute atomic E-state index is 2.31. The molecule has 0 atom stereocenters. The van der Waals surface area contributed by atoms with Crippen molar-refractivity contribution in [1.82, 2.24) is 0 Å². The normalized spacial score (nSPS) is 9.65. The van der Waals surface area contributed by atoms with Gasteiger partial charge in [-0.25, -0.2) is 6.07 Å². The van der Waals surface area contributed by atoms with E-state index in [1.54, 1.807) is 0 Å². The summed E-state index contributed by atoms with van der Waals surface area (Å²) in [5.41, 5.74) is 13.1. The summed E-state index contributed by atoms with van der Waals surface area (Å²) in [5.74, 6) is 0. The van der Waals surface area contributed by atoms with Gasteiger partial charge in [0.2, 0.25) is 0 Å². The number of aryl methyl sites for hydroxylation is 2. The van der Waals surface area contributed by atoms with Gasteiger partial charge in [-0.1, -0.05) is 258 Å². The third kappa shape index (κ3) is 17.5. The summed E-state index contributed by atoms with van der Waals surface area (Å²) in [7, 11) is 0. The Kier molecular flexibility index (Phi) is 37.5. The number of hydrogen-bond donors (Lipinski definition) is 0. The van der Waals surface area contributed by atoms with Crippen molar-refractivity contribution in [3.63, 3.8) is 0 Å². The Morgan fingerprint density at radius 3 is 1.18 bits per heavy atom. The Hall–Kier alpha value is -7.65. The first kappa shape index (κ1) is 92.4. The van der Waals surface area contributed by atoms with E-state index in [4.69, 9.17) is 0 Å². The molecule has 0 aliphatic heterocycles. The van der Waals surface area contributed by atoms with Crippen molar-refractivity contribution in [1.29, 1.82) is 0 Å². The van der Waals surface area contributed by atoms with Crippen molar-refractivity contribution in [2.75, 3.05) is 0 Å². The molecule has 0 aliphatic carbocycles. The molecule has 0 aliphatic rings. The minimum Gasteiger partial charge on any atom is -0.358 e. The number of rotatable bonds is 4. The Morgan fingerprint density at radius 2 is 0.684 bits per heavy atom. The summed E-state index contributed by atoms with van der Waals surface area (Å²) >= 11 is 0. The van der Waals surface area contributed by atoms with Crippen LogP contribution in [0.1, 0.15) is 11.1 Å². The van der Waals surface area contributed by atoms with Gasteiger partial charge in [-0.15, -0.1) is 70.8 Å². The minimum absolute atomic E-state index is 0. The standard InChI is InChI=1S/C22H15.C21H13.C20H15.C19H13.12CH3.4Pt/c1-14-5-6-18(13-14)19-11-9-17-8-7-15-3-2-4-16-10-12-20(19)22(17)21(15)16;1-2-5-14(4-1)18-12-10-17-9-8-15-6-3-7-16-11-13-19(18)21(17)20(15)16;1-14-9-10-18(11-14)19-8-4-7-17-12-15-5-2-3-6-16(15)13-20(17)19;1-2-7-14(6-1)18-11-5-10-17-12-15-8-3-4-9-16(15)13-19(17)18;;;;;;;;;;;;;;;;/h2-13H,1H3;1-13H;2-13H,1H3;1-13H;12*1H3;;;;/q16*-1;4*+4. The molecule has 4 heteroatoms. The van der Waals surface area contributed by atoms with E-state index in [1.807, 2.05) is 0 Å². The van der Waals surface area contributed by atoms with Crippen LogP contribution < -0.4 is 0 Å². The van der Waals surface area contributed by atoms with Crippen LogP contribution in [0.25, 0.3) is 152 Å². The van der Waals surface area contributed by atoms with Crippen LogP contribution in [0.4, 0.5) is 0 Å². The van der Waals surface area contributed by atoms with Gasteiger partial charge in [0, 0.05) is 0 Å². The molecular weight excluding hydrogens is 1910 g/mol. The molecule has 18 aromatic carbocycles. The predicted octanol–water partition coefficient (Wildman–Crippen LogP) is 28.7. The van der Waals surface area contributed by atoms with Crippen molar-refractivity contribution in [2.24, 2.45) is 0 Å². The molecule has 0 radical (unpaired) electrons. The molecule has 508 valence electrons. The fraction of sp³-hybridized carbons (Fsp3) is 0.0213. The van der Waals surface area contributed by atoms with E-state index in [0.717, 1.165) is 0 Å². The van der Waals surface area contributed by atoms with E-state index in [1.165, 1.54) is 163 Å². The van der Waals surface area contributed by atoms with Gasteiger partial charge in [-0.05, 0) is 92.2 Å². The first-order valence-corrected chi connectivity index (χ1v) is 28.5. The van der Waals surface area contributed by atoms with E-state index < -0.39 is 0 Å². The van der Waals surface area contributed by atoms with Gasteiger partial charge in [0.05, 0.1) is 0 Å². The Balaban J connectivity index is 0. The molecule has 0 saturated carbocycles. The van der Waals surface area contributed by atoms with E-state index in [-0.39, 0.29) is 173 Å². The summed E-state index contributed by atoms with van der Waals surface area (Å²) in [5, 5.41) is 26.7. The molecule has 0 saturated heterocycles. The van der Waals surface area contributed by atoms with Crippen LogP contribution in [-0.4, -0.2) is 0 Å². The van der Waals surface area contributed by atoms with Crippen molar-refractivity contribution in [3.8, 4) is 44.5 Å². The molecule has 0 heterocycles. The van der Waals surface area contributed by atoms with Gasteiger partial charge >= 0.3 is 84.3 Å². The number of fused-ring (bicyclic) bond motifs is 4. The second-order valence-electron chi connectivity index (χ2n) is 22.1. The summed E-state index contributed by atoms with van der Waals surface area (Å²) in [6.45, 7) is 4.30. The first-order chi connectivity index (χ1) is 40.5. The molecule has 0 unspecified atom stereocenters. The molecule has 18 rings (SSSR count). The average molecular weight is 2000 g/mol. The quantitative estimate of drug-likeness (QED) is 0.0936. The fourth-order valence-corrected chi connectivity index (χ4v) is 13.0. The zero-order valence-electron chi connectivity index (χ0n) is 59.1. The molecule has 0 amide bonds. The topological polar surface area (TPSA) is 0 Å². The van der Waals surface area contributed by atoms with Crippen LogP contribution in [0.5, 0.6) is 0 Å². The fourth-order valence-electron chi connectivity index (χ4n) is 13.0. The van der Waals surface area contributed by atoms with E-state index >= 15 is 0 Å². The van der Waals surface area contributed by atoms with Gasteiger partial charge in [-0.2, -0.15) is 53.6 Å². The average Bonchev–Trinajstić information content (AvgIpc) is 0.799. The third-order valence-corrected chi connectivity index (χ3v) is 16.9. The molecular formula is C94H92Pt4. The van der Waals surface area contributed by atoms with Crippen LogP contribution in [0, 0.1) is 103 Å². The smallest absolute Gasteiger partial charge is 0.358 e. The van der Waals surface area contributed by atoms with E-state index in [9.17, 15) is 0 Å². The van der Waals surface area contributed by atoms with Gasteiger partial charge in [0.1, 0.15) is 0 Å². The number of hydrogen-bond acceptors (Lipinski definition) is 0.